The van der Waals surface area contributed by atoms with Gasteiger partial charge in [0, 0.05) is 5.56 Å². The predicted octanol–water partition coefficient (Wildman–Crippen LogP) is 1.92. The lowest BCUT2D eigenvalue weighted by Crippen LogP contribution is -2.17. The average Bonchev–Trinajstić information content (AvgIpc) is 2.61. The first-order valence-corrected chi connectivity index (χ1v) is 7.01. The molecule has 2 N–H and O–H groups in total. The highest BCUT2D eigenvalue weighted by atomic mass is 16.5. The van der Waals surface area contributed by atoms with Gasteiger partial charge in [0.1, 0.15) is 0 Å². The molecule has 0 fully saturated rings. The van der Waals surface area contributed by atoms with E-state index in [4.69, 9.17) is 14.6 Å². The van der Waals surface area contributed by atoms with E-state index in [0.29, 0.717) is 22.6 Å². The van der Waals surface area contributed by atoms with Gasteiger partial charge in [-0.25, -0.2) is 10.2 Å². The van der Waals surface area contributed by atoms with Gasteiger partial charge in [0.15, 0.2) is 18.1 Å². The Kier molecular flexibility index (Phi) is 5.90. The molecule has 0 aliphatic carbocycles. The zero-order valence-corrected chi connectivity index (χ0v) is 12.9. The summed E-state index contributed by atoms with van der Waals surface area (Å²) in [5, 5.41) is 12.5. The number of ether oxygens (including phenoxy) is 2. The summed E-state index contributed by atoms with van der Waals surface area (Å²) in [5.74, 6) is -0.716. The lowest BCUT2D eigenvalue weighted by molar-refractivity contribution is -0.139. The Morgan fingerprint density at radius 2 is 1.92 bits per heavy atom. The molecule has 0 aromatic heterocycles. The van der Waals surface area contributed by atoms with Crippen LogP contribution in [-0.2, 0) is 4.79 Å². The molecule has 0 saturated heterocycles. The monoisotopic (exact) mass is 328 g/mol. The fourth-order valence-corrected chi connectivity index (χ4v) is 1.84. The van der Waals surface area contributed by atoms with Crippen LogP contribution in [0.2, 0.25) is 0 Å². The maximum Gasteiger partial charge on any atom is 0.341 e. The minimum atomic E-state index is -1.08. The van der Waals surface area contributed by atoms with Gasteiger partial charge in [-0.2, -0.15) is 5.10 Å². The van der Waals surface area contributed by atoms with E-state index in [1.807, 2.05) is 6.07 Å². The molecular formula is C17H16N2O5. The molecule has 7 nitrogen and oxygen atoms in total. The predicted molar refractivity (Wildman–Crippen MR) is 87.6 cm³/mol. The molecule has 124 valence electrons. The van der Waals surface area contributed by atoms with E-state index in [-0.39, 0.29) is 5.91 Å². The van der Waals surface area contributed by atoms with Crippen molar-refractivity contribution in [2.24, 2.45) is 5.10 Å². The molecular weight excluding hydrogens is 312 g/mol. The number of carboxylic acid groups (broad SMARTS) is 1. The molecule has 0 radical (unpaired) electrons. The van der Waals surface area contributed by atoms with Gasteiger partial charge < -0.3 is 14.6 Å². The molecule has 1 amide bonds. The van der Waals surface area contributed by atoms with Crippen molar-refractivity contribution in [2.45, 2.75) is 0 Å². The van der Waals surface area contributed by atoms with E-state index < -0.39 is 12.6 Å². The summed E-state index contributed by atoms with van der Waals surface area (Å²) in [7, 11) is 1.45. The molecule has 0 bridgehead atoms. The second-order valence-corrected chi connectivity index (χ2v) is 4.66. The minimum Gasteiger partial charge on any atom is -0.493 e. The molecule has 0 aliphatic rings. The van der Waals surface area contributed by atoms with Gasteiger partial charge in [0.2, 0.25) is 0 Å². The number of hydrogen-bond acceptors (Lipinski definition) is 5. The normalized spacial score (nSPS) is 10.4. The fourth-order valence-electron chi connectivity index (χ4n) is 1.84. The summed E-state index contributed by atoms with van der Waals surface area (Å²) in [6, 6.07) is 13.6. The van der Waals surface area contributed by atoms with Gasteiger partial charge in [0.25, 0.3) is 5.91 Å². The van der Waals surface area contributed by atoms with Crippen molar-refractivity contribution in [2.75, 3.05) is 13.7 Å². The third kappa shape index (κ3) is 4.84. The Morgan fingerprint density at radius 1 is 1.17 bits per heavy atom. The number of carbonyl (C=O) groups is 2. The van der Waals surface area contributed by atoms with E-state index in [1.165, 1.54) is 13.3 Å². The lowest BCUT2D eigenvalue weighted by atomic mass is 10.2. The van der Waals surface area contributed by atoms with Crippen LogP contribution in [-0.4, -0.2) is 36.9 Å². The van der Waals surface area contributed by atoms with Crippen molar-refractivity contribution in [1.82, 2.24) is 5.43 Å². The number of carbonyl (C=O) groups excluding carboxylic acids is 1. The van der Waals surface area contributed by atoms with Gasteiger partial charge in [-0.15, -0.1) is 0 Å². The average molecular weight is 328 g/mol. The molecule has 0 saturated carbocycles. The van der Waals surface area contributed by atoms with Crippen LogP contribution in [0.1, 0.15) is 15.9 Å². The van der Waals surface area contributed by atoms with Crippen molar-refractivity contribution in [3.8, 4) is 11.5 Å². The number of rotatable bonds is 7. The third-order valence-electron chi connectivity index (χ3n) is 2.95. The van der Waals surface area contributed by atoms with Crippen molar-refractivity contribution < 1.29 is 24.2 Å². The Bertz CT molecular complexity index is 744. The maximum atomic E-state index is 11.8. The number of nitrogens with zero attached hydrogens (tertiary/aromatic N) is 1. The standard InChI is InChI=1S/C17H16N2O5/c1-23-15-9-12(7-8-14(15)24-11-16(20)21)10-18-19-17(22)13-5-3-2-4-6-13/h2-10H,11H2,1H3,(H,19,22)(H,20,21)/b18-10+. The summed E-state index contributed by atoms with van der Waals surface area (Å²) in [6.45, 7) is -0.461. The number of hydrazone groups is 1. The quantitative estimate of drug-likeness (QED) is 0.598. The highest BCUT2D eigenvalue weighted by Gasteiger charge is 2.07. The van der Waals surface area contributed by atoms with Crippen LogP contribution < -0.4 is 14.9 Å². The number of hydrogen-bond donors (Lipinski definition) is 2. The maximum absolute atomic E-state index is 11.8. The zero-order chi connectivity index (χ0) is 17.4. The molecule has 0 atom stereocenters. The highest BCUT2D eigenvalue weighted by Crippen LogP contribution is 2.27. The number of aliphatic carboxylic acids is 1. The molecule has 24 heavy (non-hydrogen) atoms. The van der Waals surface area contributed by atoms with Crippen molar-refractivity contribution in [3.05, 3.63) is 59.7 Å². The van der Waals surface area contributed by atoms with Crippen LogP contribution in [0.4, 0.5) is 0 Å². The first-order valence-electron chi connectivity index (χ1n) is 7.01. The summed E-state index contributed by atoms with van der Waals surface area (Å²) in [4.78, 5) is 22.4. The first kappa shape index (κ1) is 17.0. The Balaban J connectivity index is 2.01. The summed E-state index contributed by atoms with van der Waals surface area (Å²) >= 11 is 0. The topological polar surface area (TPSA) is 97.2 Å². The van der Waals surface area contributed by atoms with Crippen molar-refractivity contribution >= 4 is 18.1 Å². The van der Waals surface area contributed by atoms with E-state index >= 15 is 0 Å². The molecule has 0 heterocycles. The number of benzene rings is 2. The van der Waals surface area contributed by atoms with E-state index in [0.717, 1.165) is 0 Å². The van der Waals surface area contributed by atoms with Crippen LogP contribution in [0.15, 0.2) is 53.6 Å². The zero-order valence-electron chi connectivity index (χ0n) is 12.9. The van der Waals surface area contributed by atoms with Crippen LogP contribution in [0.25, 0.3) is 0 Å². The molecule has 2 aromatic rings. The van der Waals surface area contributed by atoms with E-state index in [2.05, 4.69) is 10.5 Å². The molecule has 2 aromatic carbocycles. The van der Waals surface area contributed by atoms with Gasteiger partial charge in [-0.3, -0.25) is 4.79 Å². The fraction of sp³-hybridized carbons (Fsp3) is 0.118. The van der Waals surface area contributed by atoms with Crippen LogP contribution >= 0.6 is 0 Å². The van der Waals surface area contributed by atoms with Gasteiger partial charge >= 0.3 is 5.97 Å². The Morgan fingerprint density at radius 3 is 2.58 bits per heavy atom. The third-order valence-corrected chi connectivity index (χ3v) is 2.95. The van der Waals surface area contributed by atoms with Crippen molar-refractivity contribution in [3.63, 3.8) is 0 Å². The second kappa shape index (κ2) is 8.33. The Hall–Kier alpha value is -3.35. The first-order chi connectivity index (χ1) is 11.6. The number of nitrogens with one attached hydrogen (secondary N) is 1. The largest absolute Gasteiger partial charge is 0.493 e. The molecule has 2 rings (SSSR count). The molecule has 0 aliphatic heterocycles. The SMILES string of the molecule is COc1cc(/C=N/NC(=O)c2ccccc2)ccc1OCC(=O)O. The smallest absolute Gasteiger partial charge is 0.341 e. The summed E-state index contributed by atoms with van der Waals surface area (Å²) in [6.07, 6.45) is 1.45. The second-order valence-electron chi connectivity index (χ2n) is 4.66. The molecule has 0 spiro atoms. The summed E-state index contributed by atoms with van der Waals surface area (Å²) in [5.41, 5.74) is 3.58. The summed E-state index contributed by atoms with van der Waals surface area (Å²) < 4.78 is 10.3. The Labute approximate surface area is 138 Å². The van der Waals surface area contributed by atoms with Crippen LogP contribution in [0.5, 0.6) is 11.5 Å². The lowest BCUT2D eigenvalue weighted by Gasteiger charge is -2.09. The van der Waals surface area contributed by atoms with Gasteiger partial charge in [-0.05, 0) is 35.9 Å². The molecule has 7 heteroatoms. The number of carboxylic acids is 1. The highest BCUT2D eigenvalue weighted by molar-refractivity contribution is 5.94. The number of methoxy groups -OCH3 is 1. The van der Waals surface area contributed by atoms with Gasteiger partial charge in [0.05, 0.1) is 13.3 Å². The van der Waals surface area contributed by atoms with Crippen LogP contribution in [0, 0.1) is 0 Å². The number of amides is 1. The van der Waals surface area contributed by atoms with Gasteiger partial charge in [-0.1, -0.05) is 18.2 Å². The van der Waals surface area contributed by atoms with E-state index in [9.17, 15) is 9.59 Å². The molecule has 0 unspecified atom stereocenters. The van der Waals surface area contributed by atoms with Crippen molar-refractivity contribution in [1.29, 1.82) is 0 Å². The van der Waals surface area contributed by atoms with Crippen LogP contribution in [0.3, 0.4) is 0 Å². The minimum absolute atomic E-state index is 0.311. The van der Waals surface area contributed by atoms with E-state index in [1.54, 1.807) is 42.5 Å².